The lowest BCUT2D eigenvalue weighted by Crippen LogP contribution is -2.53. The zero-order valence-corrected chi connectivity index (χ0v) is 23.0. The summed E-state index contributed by atoms with van der Waals surface area (Å²) in [5.74, 6) is 0.236. The van der Waals surface area contributed by atoms with Crippen LogP contribution in [-0.2, 0) is 22.6 Å². The third-order valence-electron chi connectivity index (χ3n) is 6.38. The summed E-state index contributed by atoms with van der Waals surface area (Å²) < 4.78 is 6.85. The topological polar surface area (TPSA) is 58.6 Å². The smallest absolute Gasteiger partial charge is 0.261 e. The van der Waals surface area contributed by atoms with E-state index < -0.39 is 6.04 Å². The first kappa shape index (κ1) is 27.5. The van der Waals surface area contributed by atoms with Crippen LogP contribution >= 0.6 is 15.9 Å². The molecule has 3 rings (SSSR count). The minimum Gasteiger partial charge on any atom is -0.484 e. The number of nitrogens with zero attached hydrogens (tertiary/aromatic N) is 1. The normalized spacial score (nSPS) is 12.5. The van der Waals surface area contributed by atoms with Crippen LogP contribution in [0.5, 0.6) is 5.75 Å². The van der Waals surface area contributed by atoms with Crippen LogP contribution < -0.4 is 10.1 Å². The Morgan fingerprint density at radius 2 is 1.64 bits per heavy atom. The lowest BCUT2D eigenvalue weighted by molar-refractivity contribution is -0.143. The maximum Gasteiger partial charge on any atom is 0.261 e. The summed E-state index contributed by atoms with van der Waals surface area (Å²) in [6.45, 7) is 8.20. The van der Waals surface area contributed by atoms with E-state index in [0.29, 0.717) is 18.7 Å². The molecule has 0 saturated heterocycles. The average Bonchev–Trinajstić information content (AvgIpc) is 2.88. The van der Waals surface area contributed by atoms with Crippen LogP contribution in [0.25, 0.3) is 0 Å². The van der Waals surface area contributed by atoms with Crippen LogP contribution in [0.15, 0.2) is 77.3 Å². The SMILES string of the molecule is CC[C@@H](C)NC(=O)[C@@H](Cc1ccccc1)N(Cc1ccc(Br)cc1)C(=O)COc1ccc(C)c(C)c1. The van der Waals surface area contributed by atoms with Gasteiger partial charge in [-0.1, -0.05) is 71.4 Å². The number of carbonyl (C=O) groups is 2. The number of benzene rings is 3. The molecule has 0 saturated carbocycles. The molecule has 0 aliphatic carbocycles. The number of aryl methyl sites for hydroxylation is 2. The number of hydrogen-bond acceptors (Lipinski definition) is 3. The van der Waals surface area contributed by atoms with Gasteiger partial charge in [-0.15, -0.1) is 0 Å². The molecule has 0 heterocycles. The molecule has 190 valence electrons. The molecule has 0 spiro atoms. The zero-order chi connectivity index (χ0) is 26.1. The van der Waals surface area contributed by atoms with Gasteiger partial charge in [0.05, 0.1) is 0 Å². The van der Waals surface area contributed by atoms with E-state index >= 15 is 0 Å². The van der Waals surface area contributed by atoms with Gasteiger partial charge in [0.15, 0.2) is 6.61 Å². The zero-order valence-electron chi connectivity index (χ0n) is 21.5. The van der Waals surface area contributed by atoms with Crippen LogP contribution in [0.2, 0.25) is 0 Å². The van der Waals surface area contributed by atoms with Crippen molar-refractivity contribution in [2.75, 3.05) is 6.61 Å². The van der Waals surface area contributed by atoms with E-state index in [1.165, 1.54) is 0 Å². The van der Waals surface area contributed by atoms with Gasteiger partial charge in [0.25, 0.3) is 5.91 Å². The highest BCUT2D eigenvalue weighted by molar-refractivity contribution is 9.10. The Labute approximate surface area is 223 Å². The largest absolute Gasteiger partial charge is 0.484 e. The van der Waals surface area contributed by atoms with Gasteiger partial charge >= 0.3 is 0 Å². The van der Waals surface area contributed by atoms with Crippen molar-refractivity contribution in [1.82, 2.24) is 10.2 Å². The number of halogens is 1. The minimum absolute atomic E-state index is 0.00666. The van der Waals surface area contributed by atoms with E-state index in [2.05, 4.69) is 21.2 Å². The number of amides is 2. The van der Waals surface area contributed by atoms with Crippen LogP contribution in [0.3, 0.4) is 0 Å². The highest BCUT2D eigenvalue weighted by Crippen LogP contribution is 2.19. The molecule has 0 bridgehead atoms. The Morgan fingerprint density at radius 3 is 2.28 bits per heavy atom. The van der Waals surface area contributed by atoms with Gasteiger partial charge in [-0.05, 0) is 73.7 Å². The molecule has 2 amide bonds. The molecule has 0 fully saturated rings. The van der Waals surface area contributed by atoms with Crippen LogP contribution in [0, 0.1) is 13.8 Å². The Bertz CT molecular complexity index is 1150. The third-order valence-corrected chi connectivity index (χ3v) is 6.91. The standard InChI is InChI=1S/C30H35BrN2O3/c1-5-23(4)32-30(35)28(18-24-9-7-6-8-10-24)33(19-25-12-14-26(31)15-13-25)29(34)20-36-27-16-11-21(2)22(3)17-27/h6-17,23,28H,5,18-20H2,1-4H3,(H,32,35)/t23-,28-/m1/s1. The van der Waals surface area contributed by atoms with E-state index in [9.17, 15) is 9.59 Å². The Morgan fingerprint density at radius 1 is 0.944 bits per heavy atom. The molecular formula is C30H35BrN2O3. The molecule has 3 aromatic rings. The number of carbonyl (C=O) groups excluding carboxylic acids is 2. The monoisotopic (exact) mass is 550 g/mol. The highest BCUT2D eigenvalue weighted by atomic mass is 79.9. The third kappa shape index (κ3) is 7.95. The molecule has 0 aliphatic heterocycles. The molecule has 6 heteroatoms. The average molecular weight is 552 g/mol. The minimum atomic E-state index is -0.680. The molecule has 5 nitrogen and oxygen atoms in total. The lowest BCUT2D eigenvalue weighted by atomic mass is 10.0. The fourth-order valence-electron chi connectivity index (χ4n) is 3.81. The van der Waals surface area contributed by atoms with Crippen LogP contribution in [0.1, 0.15) is 42.5 Å². The molecule has 0 radical (unpaired) electrons. The summed E-state index contributed by atoms with van der Waals surface area (Å²) in [5.41, 5.74) is 4.19. The van der Waals surface area contributed by atoms with Crippen molar-refractivity contribution in [3.63, 3.8) is 0 Å². The number of nitrogens with one attached hydrogen (secondary N) is 1. The predicted molar refractivity (Wildman–Crippen MR) is 148 cm³/mol. The second-order valence-electron chi connectivity index (χ2n) is 9.21. The molecule has 36 heavy (non-hydrogen) atoms. The maximum atomic E-state index is 13.6. The van der Waals surface area contributed by atoms with E-state index in [1.807, 2.05) is 100 Å². The highest BCUT2D eigenvalue weighted by Gasteiger charge is 2.31. The van der Waals surface area contributed by atoms with E-state index in [0.717, 1.165) is 33.1 Å². The van der Waals surface area contributed by atoms with Gasteiger partial charge in [0.1, 0.15) is 11.8 Å². The van der Waals surface area contributed by atoms with Gasteiger partial charge in [-0.3, -0.25) is 9.59 Å². The first-order valence-electron chi connectivity index (χ1n) is 12.3. The molecule has 1 N–H and O–H groups in total. The van der Waals surface area contributed by atoms with E-state index in [-0.39, 0.29) is 24.5 Å². The van der Waals surface area contributed by atoms with Gasteiger partial charge in [0.2, 0.25) is 5.91 Å². The van der Waals surface area contributed by atoms with Crippen LogP contribution in [-0.4, -0.2) is 35.4 Å². The number of rotatable bonds is 11. The molecule has 3 aromatic carbocycles. The van der Waals surface area contributed by atoms with Crippen molar-refractivity contribution in [3.8, 4) is 5.75 Å². The Balaban J connectivity index is 1.90. The summed E-state index contributed by atoms with van der Waals surface area (Å²) in [5, 5.41) is 3.09. The van der Waals surface area contributed by atoms with E-state index in [1.54, 1.807) is 4.90 Å². The van der Waals surface area contributed by atoms with Gasteiger partial charge in [-0.25, -0.2) is 0 Å². The van der Waals surface area contributed by atoms with Gasteiger partial charge < -0.3 is 15.0 Å². The molecule has 0 unspecified atom stereocenters. The lowest BCUT2D eigenvalue weighted by Gasteiger charge is -2.32. The quantitative estimate of drug-likeness (QED) is 0.318. The van der Waals surface area contributed by atoms with E-state index in [4.69, 9.17) is 4.74 Å². The Hall–Kier alpha value is -3.12. The number of hydrogen-bond donors (Lipinski definition) is 1. The Kier molecular flexibility index (Phi) is 10.1. The van der Waals surface area contributed by atoms with Crippen molar-refractivity contribution >= 4 is 27.7 Å². The number of ether oxygens (including phenoxy) is 1. The summed E-state index contributed by atoms with van der Waals surface area (Å²) in [6.07, 6.45) is 1.22. The van der Waals surface area contributed by atoms with Crippen LogP contribution in [0.4, 0.5) is 0 Å². The fraction of sp³-hybridized carbons (Fsp3) is 0.333. The second-order valence-corrected chi connectivity index (χ2v) is 10.1. The van der Waals surface area contributed by atoms with Gasteiger partial charge in [-0.2, -0.15) is 0 Å². The molecular weight excluding hydrogens is 516 g/mol. The molecule has 0 aliphatic rings. The van der Waals surface area contributed by atoms with Crippen molar-refractivity contribution in [2.45, 2.75) is 59.2 Å². The van der Waals surface area contributed by atoms with Crippen molar-refractivity contribution in [2.24, 2.45) is 0 Å². The first-order valence-corrected chi connectivity index (χ1v) is 13.1. The fourth-order valence-corrected chi connectivity index (χ4v) is 4.08. The van der Waals surface area contributed by atoms with Crippen molar-refractivity contribution in [3.05, 3.63) is 99.5 Å². The summed E-state index contributed by atoms with van der Waals surface area (Å²) >= 11 is 3.47. The maximum absolute atomic E-state index is 13.6. The van der Waals surface area contributed by atoms with Crippen molar-refractivity contribution in [1.29, 1.82) is 0 Å². The summed E-state index contributed by atoms with van der Waals surface area (Å²) in [6, 6.07) is 22.7. The summed E-state index contributed by atoms with van der Waals surface area (Å²) in [4.78, 5) is 28.8. The summed E-state index contributed by atoms with van der Waals surface area (Å²) in [7, 11) is 0. The van der Waals surface area contributed by atoms with Crippen molar-refractivity contribution < 1.29 is 14.3 Å². The molecule has 2 atom stereocenters. The van der Waals surface area contributed by atoms with Gasteiger partial charge in [0, 0.05) is 23.5 Å². The first-order chi connectivity index (χ1) is 17.3. The second kappa shape index (κ2) is 13.3. The molecule has 0 aromatic heterocycles. The predicted octanol–water partition coefficient (Wildman–Crippen LogP) is 6.00.